The average Bonchev–Trinajstić information content (AvgIpc) is 2.92. The highest BCUT2D eigenvalue weighted by molar-refractivity contribution is 7.17. The van der Waals surface area contributed by atoms with Crippen LogP contribution in [0.2, 0.25) is 0 Å². The Morgan fingerprint density at radius 3 is 2.65 bits per heavy atom. The van der Waals surface area contributed by atoms with Crippen LogP contribution in [0.3, 0.4) is 0 Å². The second-order valence-electron chi connectivity index (χ2n) is 5.52. The predicted octanol–water partition coefficient (Wildman–Crippen LogP) is 4.11. The van der Waals surface area contributed by atoms with Gasteiger partial charge in [0.05, 0.1) is 10.6 Å². The lowest BCUT2D eigenvalue weighted by molar-refractivity contribution is 0.00764. The minimum atomic E-state index is -0.534. The second kappa shape index (κ2) is 5.32. The van der Waals surface area contributed by atoms with Crippen LogP contribution in [-0.2, 0) is 11.2 Å². The van der Waals surface area contributed by atoms with E-state index in [1.807, 2.05) is 39.8 Å². The van der Waals surface area contributed by atoms with Gasteiger partial charge < -0.3 is 14.9 Å². The molecule has 0 amide bonds. The standard InChI is InChI=1S/C15H19NO3S/c1-5-9-6-7-11(18-9)12-8-10(16)13(20-12)14(17)19-15(2,3)4/h6-8H,5,16H2,1-4H3. The van der Waals surface area contributed by atoms with Crippen molar-refractivity contribution < 1.29 is 13.9 Å². The highest BCUT2D eigenvalue weighted by atomic mass is 32.1. The fourth-order valence-corrected chi connectivity index (χ4v) is 2.63. The summed E-state index contributed by atoms with van der Waals surface area (Å²) in [5.41, 5.74) is 5.80. The molecule has 5 heteroatoms. The van der Waals surface area contributed by atoms with E-state index in [9.17, 15) is 4.79 Å². The third-order valence-electron chi connectivity index (χ3n) is 2.60. The average molecular weight is 293 g/mol. The van der Waals surface area contributed by atoms with Crippen LogP contribution in [-0.4, -0.2) is 11.6 Å². The van der Waals surface area contributed by atoms with Crippen LogP contribution in [0.4, 0.5) is 5.69 Å². The third-order valence-corrected chi connectivity index (χ3v) is 3.74. The number of thiophene rings is 1. The highest BCUT2D eigenvalue weighted by Crippen LogP contribution is 2.35. The molecule has 0 saturated carbocycles. The molecule has 0 aliphatic heterocycles. The number of nitrogens with two attached hydrogens (primary N) is 1. The SMILES string of the molecule is CCc1ccc(-c2cc(N)c(C(=O)OC(C)(C)C)s2)o1. The Balaban J connectivity index is 2.27. The summed E-state index contributed by atoms with van der Waals surface area (Å²) in [7, 11) is 0. The molecule has 0 aliphatic rings. The van der Waals surface area contributed by atoms with Crippen LogP contribution in [0.5, 0.6) is 0 Å². The minimum absolute atomic E-state index is 0.395. The maximum absolute atomic E-state index is 12.1. The Morgan fingerprint density at radius 2 is 2.10 bits per heavy atom. The lowest BCUT2D eigenvalue weighted by Gasteiger charge is -2.18. The van der Waals surface area contributed by atoms with Crippen molar-refractivity contribution in [3.8, 4) is 10.6 Å². The van der Waals surface area contributed by atoms with E-state index in [1.54, 1.807) is 6.07 Å². The molecule has 0 unspecified atom stereocenters. The van der Waals surface area contributed by atoms with Gasteiger partial charge in [0, 0.05) is 6.42 Å². The molecule has 0 bridgehead atoms. The number of hydrogen-bond acceptors (Lipinski definition) is 5. The number of carbonyl (C=O) groups is 1. The van der Waals surface area contributed by atoms with E-state index < -0.39 is 11.6 Å². The van der Waals surface area contributed by atoms with E-state index in [2.05, 4.69) is 0 Å². The lowest BCUT2D eigenvalue weighted by Crippen LogP contribution is -2.23. The van der Waals surface area contributed by atoms with Gasteiger partial charge >= 0.3 is 5.97 Å². The van der Waals surface area contributed by atoms with E-state index in [0.717, 1.165) is 22.8 Å². The van der Waals surface area contributed by atoms with Crippen LogP contribution in [0.15, 0.2) is 22.6 Å². The summed E-state index contributed by atoms with van der Waals surface area (Å²) in [6, 6.07) is 5.57. The normalized spacial score (nSPS) is 11.6. The topological polar surface area (TPSA) is 65.5 Å². The minimum Gasteiger partial charge on any atom is -0.460 e. The smallest absolute Gasteiger partial charge is 0.350 e. The van der Waals surface area contributed by atoms with Crippen molar-refractivity contribution in [2.24, 2.45) is 0 Å². The summed E-state index contributed by atoms with van der Waals surface area (Å²) in [4.78, 5) is 13.3. The van der Waals surface area contributed by atoms with Gasteiger partial charge in [-0.15, -0.1) is 11.3 Å². The van der Waals surface area contributed by atoms with Crippen LogP contribution in [0, 0.1) is 0 Å². The fourth-order valence-electron chi connectivity index (χ4n) is 1.71. The number of ether oxygens (including phenoxy) is 1. The Labute approximate surface area is 122 Å². The van der Waals surface area contributed by atoms with E-state index >= 15 is 0 Å². The molecule has 0 aliphatic carbocycles. The zero-order valence-electron chi connectivity index (χ0n) is 12.1. The monoisotopic (exact) mass is 293 g/mol. The molecule has 20 heavy (non-hydrogen) atoms. The first-order valence-electron chi connectivity index (χ1n) is 6.52. The summed E-state index contributed by atoms with van der Waals surface area (Å²) in [6.07, 6.45) is 0.833. The number of anilines is 1. The number of furan rings is 1. The Kier molecular flexibility index (Phi) is 3.90. The van der Waals surface area contributed by atoms with Gasteiger partial charge in [0.2, 0.25) is 0 Å². The molecule has 0 saturated heterocycles. The van der Waals surface area contributed by atoms with Gasteiger partial charge in [-0.2, -0.15) is 0 Å². The highest BCUT2D eigenvalue weighted by Gasteiger charge is 2.23. The summed E-state index contributed by atoms with van der Waals surface area (Å²) in [5, 5.41) is 0. The molecule has 2 heterocycles. The number of esters is 1. The molecule has 4 nitrogen and oxygen atoms in total. The van der Waals surface area contributed by atoms with Crippen molar-refractivity contribution in [3.05, 3.63) is 28.8 Å². The maximum Gasteiger partial charge on any atom is 0.350 e. The summed E-state index contributed by atoms with van der Waals surface area (Å²) >= 11 is 1.29. The zero-order valence-corrected chi connectivity index (χ0v) is 13.0. The molecule has 0 fully saturated rings. The van der Waals surface area contributed by atoms with Gasteiger partial charge in [-0.25, -0.2) is 4.79 Å². The molecule has 2 N–H and O–H groups in total. The molecule has 2 rings (SSSR count). The molecule has 0 radical (unpaired) electrons. The van der Waals surface area contributed by atoms with E-state index in [0.29, 0.717) is 10.6 Å². The first-order chi connectivity index (χ1) is 9.30. The third kappa shape index (κ3) is 3.22. The van der Waals surface area contributed by atoms with E-state index in [-0.39, 0.29) is 0 Å². The second-order valence-corrected chi connectivity index (χ2v) is 6.57. The quantitative estimate of drug-likeness (QED) is 0.865. The molecule has 2 aromatic heterocycles. The predicted molar refractivity (Wildman–Crippen MR) is 81.0 cm³/mol. The number of nitrogen functional groups attached to an aromatic ring is 1. The maximum atomic E-state index is 12.1. The largest absolute Gasteiger partial charge is 0.460 e. The molecular weight excluding hydrogens is 274 g/mol. The fraction of sp³-hybridized carbons (Fsp3) is 0.400. The van der Waals surface area contributed by atoms with Crippen LogP contribution >= 0.6 is 11.3 Å². The van der Waals surface area contributed by atoms with Crippen molar-refractivity contribution in [1.29, 1.82) is 0 Å². The zero-order chi connectivity index (χ0) is 14.9. The van der Waals surface area contributed by atoms with Crippen molar-refractivity contribution >= 4 is 23.0 Å². The Hall–Kier alpha value is -1.75. The summed E-state index contributed by atoms with van der Waals surface area (Å²) in [6.45, 7) is 7.51. The Morgan fingerprint density at radius 1 is 1.40 bits per heavy atom. The number of carbonyl (C=O) groups excluding carboxylic acids is 1. The van der Waals surface area contributed by atoms with E-state index in [1.165, 1.54) is 11.3 Å². The van der Waals surface area contributed by atoms with Gasteiger partial charge in [-0.1, -0.05) is 6.92 Å². The van der Waals surface area contributed by atoms with Crippen molar-refractivity contribution in [3.63, 3.8) is 0 Å². The number of aryl methyl sites for hydroxylation is 1. The van der Waals surface area contributed by atoms with Crippen molar-refractivity contribution in [1.82, 2.24) is 0 Å². The molecule has 108 valence electrons. The van der Waals surface area contributed by atoms with Gasteiger partial charge in [0.1, 0.15) is 22.0 Å². The van der Waals surface area contributed by atoms with E-state index in [4.69, 9.17) is 14.9 Å². The molecular formula is C15H19NO3S. The van der Waals surface area contributed by atoms with Gasteiger partial charge in [-0.3, -0.25) is 0 Å². The first kappa shape index (κ1) is 14.7. The van der Waals surface area contributed by atoms with Crippen LogP contribution in [0.25, 0.3) is 10.6 Å². The molecule has 0 atom stereocenters. The number of hydrogen-bond donors (Lipinski definition) is 1. The van der Waals surface area contributed by atoms with Gasteiger partial charge in [-0.05, 0) is 39.0 Å². The Bertz CT molecular complexity index is 619. The summed E-state index contributed by atoms with van der Waals surface area (Å²) < 4.78 is 11.0. The van der Waals surface area contributed by atoms with Crippen molar-refractivity contribution in [2.45, 2.75) is 39.7 Å². The number of rotatable bonds is 3. The van der Waals surface area contributed by atoms with Crippen molar-refractivity contribution in [2.75, 3.05) is 5.73 Å². The molecule has 0 aromatic carbocycles. The molecule has 2 aromatic rings. The van der Waals surface area contributed by atoms with Crippen LogP contribution in [0.1, 0.15) is 43.1 Å². The summed E-state index contributed by atoms with van der Waals surface area (Å²) in [5.74, 6) is 1.24. The molecule has 0 spiro atoms. The first-order valence-corrected chi connectivity index (χ1v) is 7.33. The lowest BCUT2D eigenvalue weighted by atomic mass is 10.2. The van der Waals surface area contributed by atoms with Gasteiger partial charge in [0.15, 0.2) is 0 Å². The van der Waals surface area contributed by atoms with Gasteiger partial charge in [0.25, 0.3) is 0 Å². The van der Waals surface area contributed by atoms with Crippen LogP contribution < -0.4 is 5.73 Å².